The van der Waals surface area contributed by atoms with E-state index in [0.29, 0.717) is 17.7 Å². The highest BCUT2D eigenvalue weighted by Crippen LogP contribution is 2.33. The highest BCUT2D eigenvalue weighted by molar-refractivity contribution is 5.96. The Morgan fingerprint density at radius 3 is 2.69 bits per heavy atom. The first kappa shape index (κ1) is 19.2. The molecule has 2 aromatic heterocycles. The zero-order valence-electron chi connectivity index (χ0n) is 15.8. The average Bonchev–Trinajstić information content (AvgIpc) is 3.11. The number of aromatic nitrogens is 3. The molecule has 0 N–H and O–H groups in total. The predicted octanol–water partition coefficient (Wildman–Crippen LogP) is 3.66. The molecule has 1 aliphatic rings. The maximum absolute atomic E-state index is 13.2. The number of fused-ring (bicyclic) bond motifs is 1. The fraction of sp³-hybridized carbons (Fsp3) is 0.350. The Labute approximate surface area is 165 Å². The van der Waals surface area contributed by atoms with Crippen molar-refractivity contribution in [1.29, 1.82) is 5.26 Å². The Hall–Kier alpha value is -3.12. The number of pyridine rings is 1. The summed E-state index contributed by atoms with van der Waals surface area (Å²) in [4.78, 5) is 6.01. The van der Waals surface area contributed by atoms with Crippen LogP contribution in [0.2, 0.25) is 0 Å². The molecule has 0 bridgehead atoms. The van der Waals surface area contributed by atoms with Crippen molar-refractivity contribution in [2.45, 2.75) is 25.3 Å². The smallest absolute Gasteiger partial charge is 0.366 e. The number of hydrogen-bond donors (Lipinski definition) is 0. The summed E-state index contributed by atoms with van der Waals surface area (Å²) < 4.78 is 46.3. The molecule has 150 valence electrons. The molecule has 1 aliphatic heterocycles. The molecule has 0 unspecified atom stereocenters. The van der Waals surface area contributed by atoms with Gasteiger partial charge in [0.05, 0.1) is 24.4 Å². The molecule has 1 aromatic carbocycles. The van der Waals surface area contributed by atoms with Crippen molar-refractivity contribution in [1.82, 2.24) is 14.8 Å². The van der Waals surface area contributed by atoms with Gasteiger partial charge in [-0.05, 0) is 30.7 Å². The van der Waals surface area contributed by atoms with E-state index in [0.717, 1.165) is 16.5 Å². The van der Waals surface area contributed by atoms with Gasteiger partial charge < -0.3 is 9.64 Å². The van der Waals surface area contributed by atoms with E-state index in [1.54, 1.807) is 47.9 Å². The molecule has 2 atom stereocenters. The summed E-state index contributed by atoms with van der Waals surface area (Å²) in [5.41, 5.74) is 3.03. The van der Waals surface area contributed by atoms with E-state index in [4.69, 9.17) is 4.74 Å². The maximum Gasteiger partial charge on any atom is 0.416 e. The third-order valence-electron chi connectivity index (χ3n) is 4.91. The minimum Gasteiger partial charge on any atom is -0.366 e. The first-order valence-corrected chi connectivity index (χ1v) is 9.05. The van der Waals surface area contributed by atoms with E-state index in [2.05, 4.69) is 10.1 Å². The van der Waals surface area contributed by atoms with Crippen LogP contribution in [0.4, 0.5) is 18.9 Å². The SMILES string of the molecule is C[C@@H]1CN(c2ccc3c(-c4cnn(C)c4)cc(C#N)nc3c2)C[C@H](C(F)(F)F)O1. The van der Waals surface area contributed by atoms with Gasteiger partial charge in [-0.2, -0.15) is 23.5 Å². The Bertz CT molecular complexity index is 1100. The number of benzene rings is 1. The number of nitrogens with zero attached hydrogens (tertiary/aromatic N) is 5. The lowest BCUT2D eigenvalue weighted by atomic mass is 10.0. The second-order valence-electron chi connectivity index (χ2n) is 7.15. The topological polar surface area (TPSA) is 67.0 Å². The average molecular weight is 401 g/mol. The second kappa shape index (κ2) is 7.04. The second-order valence-corrected chi connectivity index (χ2v) is 7.15. The van der Waals surface area contributed by atoms with Crippen molar-refractivity contribution in [2.75, 3.05) is 18.0 Å². The summed E-state index contributed by atoms with van der Waals surface area (Å²) in [6.45, 7) is 1.68. The van der Waals surface area contributed by atoms with E-state index < -0.39 is 18.4 Å². The van der Waals surface area contributed by atoms with Gasteiger partial charge in [0.25, 0.3) is 0 Å². The first-order chi connectivity index (χ1) is 13.7. The Morgan fingerprint density at radius 2 is 2.03 bits per heavy atom. The predicted molar refractivity (Wildman–Crippen MR) is 101 cm³/mol. The van der Waals surface area contributed by atoms with Crippen LogP contribution in [0.5, 0.6) is 0 Å². The lowest BCUT2D eigenvalue weighted by Crippen LogP contribution is -2.52. The Kier molecular flexibility index (Phi) is 4.67. The molecule has 0 saturated carbocycles. The maximum atomic E-state index is 13.2. The standard InChI is InChI=1S/C20H18F3N5O/c1-12-9-28(11-19(29-12)20(21,22)23)15-3-4-16-17(13-8-25-27(2)10-13)5-14(7-24)26-18(16)6-15/h3-6,8,10,12,19H,9,11H2,1-2H3/t12-,19-/m1/s1. The largest absolute Gasteiger partial charge is 0.416 e. The van der Waals surface area contributed by atoms with Crippen LogP contribution in [0, 0.1) is 11.3 Å². The van der Waals surface area contributed by atoms with Crippen LogP contribution in [0.3, 0.4) is 0 Å². The molecular formula is C20H18F3N5O. The van der Waals surface area contributed by atoms with Gasteiger partial charge >= 0.3 is 6.18 Å². The molecule has 0 spiro atoms. The summed E-state index contributed by atoms with van der Waals surface area (Å²) in [6.07, 6.45) is -3.30. The molecule has 6 nitrogen and oxygen atoms in total. The van der Waals surface area contributed by atoms with E-state index in [1.165, 1.54) is 0 Å². The molecule has 1 saturated heterocycles. The highest BCUT2D eigenvalue weighted by Gasteiger charge is 2.45. The monoisotopic (exact) mass is 401 g/mol. The number of rotatable bonds is 2. The van der Waals surface area contributed by atoms with Crippen LogP contribution in [-0.2, 0) is 11.8 Å². The number of ether oxygens (including phenoxy) is 1. The molecule has 9 heteroatoms. The van der Waals surface area contributed by atoms with Gasteiger partial charge in [0.15, 0.2) is 6.10 Å². The fourth-order valence-corrected chi connectivity index (χ4v) is 3.61. The third-order valence-corrected chi connectivity index (χ3v) is 4.91. The van der Waals surface area contributed by atoms with Crippen LogP contribution in [0.1, 0.15) is 12.6 Å². The Balaban J connectivity index is 1.77. The van der Waals surface area contributed by atoms with Crippen molar-refractivity contribution >= 4 is 16.6 Å². The fourth-order valence-electron chi connectivity index (χ4n) is 3.61. The van der Waals surface area contributed by atoms with Crippen molar-refractivity contribution in [3.05, 3.63) is 42.4 Å². The van der Waals surface area contributed by atoms with Gasteiger partial charge in [0.2, 0.25) is 0 Å². The number of morpholine rings is 1. The summed E-state index contributed by atoms with van der Waals surface area (Å²) in [6, 6.07) is 9.06. The van der Waals surface area contributed by atoms with E-state index in [9.17, 15) is 18.4 Å². The van der Waals surface area contributed by atoms with Gasteiger partial charge in [0.1, 0.15) is 11.8 Å². The molecule has 4 rings (SSSR count). The molecule has 1 fully saturated rings. The van der Waals surface area contributed by atoms with Crippen molar-refractivity contribution in [3.8, 4) is 17.2 Å². The number of hydrogen-bond acceptors (Lipinski definition) is 5. The van der Waals surface area contributed by atoms with E-state index >= 15 is 0 Å². The molecule has 3 heterocycles. The zero-order valence-corrected chi connectivity index (χ0v) is 15.8. The molecule has 0 aliphatic carbocycles. The van der Waals surface area contributed by atoms with E-state index in [-0.39, 0.29) is 12.2 Å². The number of aryl methyl sites for hydroxylation is 1. The van der Waals surface area contributed by atoms with Crippen molar-refractivity contribution < 1.29 is 17.9 Å². The van der Waals surface area contributed by atoms with Gasteiger partial charge in [-0.15, -0.1) is 0 Å². The van der Waals surface area contributed by atoms with Gasteiger partial charge in [-0.1, -0.05) is 6.07 Å². The first-order valence-electron chi connectivity index (χ1n) is 9.05. The molecular weight excluding hydrogens is 383 g/mol. The summed E-state index contributed by atoms with van der Waals surface area (Å²) in [7, 11) is 1.80. The van der Waals surface area contributed by atoms with Crippen molar-refractivity contribution in [2.24, 2.45) is 7.05 Å². The Morgan fingerprint density at radius 1 is 1.24 bits per heavy atom. The summed E-state index contributed by atoms with van der Waals surface area (Å²) >= 11 is 0. The minimum atomic E-state index is -4.43. The number of nitriles is 1. The summed E-state index contributed by atoms with van der Waals surface area (Å²) in [5, 5.41) is 14.3. The third kappa shape index (κ3) is 3.76. The molecule has 29 heavy (non-hydrogen) atoms. The number of alkyl halides is 3. The lowest BCUT2D eigenvalue weighted by molar-refractivity contribution is -0.233. The normalized spacial score (nSPS) is 20.1. The van der Waals surface area contributed by atoms with Crippen LogP contribution in [0.15, 0.2) is 36.7 Å². The zero-order chi connectivity index (χ0) is 20.8. The number of halogens is 3. The van der Waals surface area contributed by atoms with Crippen LogP contribution in [-0.4, -0.2) is 46.2 Å². The van der Waals surface area contributed by atoms with Crippen molar-refractivity contribution in [3.63, 3.8) is 0 Å². The molecule has 0 radical (unpaired) electrons. The highest BCUT2D eigenvalue weighted by atomic mass is 19.4. The molecule has 3 aromatic rings. The quantitative estimate of drug-likeness (QED) is 0.656. The van der Waals surface area contributed by atoms with Crippen LogP contribution < -0.4 is 4.90 Å². The summed E-state index contributed by atoms with van der Waals surface area (Å²) in [5.74, 6) is 0. The van der Waals surface area contributed by atoms with E-state index in [1.807, 2.05) is 18.3 Å². The minimum absolute atomic E-state index is 0.233. The molecule has 0 amide bonds. The van der Waals surface area contributed by atoms with Gasteiger partial charge in [-0.25, -0.2) is 4.98 Å². The number of anilines is 1. The van der Waals surface area contributed by atoms with Crippen LogP contribution >= 0.6 is 0 Å². The van der Waals surface area contributed by atoms with Gasteiger partial charge in [-0.3, -0.25) is 4.68 Å². The van der Waals surface area contributed by atoms with Crippen LogP contribution in [0.25, 0.3) is 22.0 Å². The van der Waals surface area contributed by atoms with Gasteiger partial charge in [0, 0.05) is 36.4 Å². The lowest BCUT2D eigenvalue weighted by Gasteiger charge is -2.38.